The number of aromatic nitrogens is 2. The van der Waals surface area contributed by atoms with E-state index < -0.39 is 0 Å². The summed E-state index contributed by atoms with van der Waals surface area (Å²) in [4.78, 5) is 3.74. The van der Waals surface area contributed by atoms with Crippen LogP contribution in [-0.2, 0) is 0 Å². The van der Waals surface area contributed by atoms with Crippen LogP contribution in [0.3, 0.4) is 0 Å². The Morgan fingerprint density at radius 2 is 1.08 bits per heavy atom. The molecule has 0 unspecified atom stereocenters. The number of nitriles is 1. The van der Waals surface area contributed by atoms with Crippen LogP contribution in [0, 0.1) is 17.9 Å². The standard InChI is InChI=1S/C44H26N4/c1-46-31-24-25-37-36-18-6-9-22-41(36)48(43(37)27-31)42-23-11-13-30(28-45)44(42)38-19-3-2-15-33(38)29-12-10-14-32(26-29)47-39-20-7-4-16-34(39)35-17-5-8-21-40(35)47/h2-27H. The maximum Gasteiger partial charge on any atom is 0.189 e. The van der Waals surface area contributed by atoms with Crippen LogP contribution >= 0.6 is 0 Å². The molecule has 4 nitrogen and oxygen atoms in total. The average Bonchev–Trinajstić information content (AvgIpc) is 3.67. The van der Waals surface area contributed by atoms with Crippen molar-refractivity contribution in [2.45, 2.75) is 0 Å². The summed E-state index contributed by atoms with van der Waals surface area (Å²) in [5.41, 5.74) is 11.3. The lowest BCUT2D eigenvalue weighted by atomic mass is 9.90. The molecule has 0 fully saturated rings. The quantitative estimate of drug-likeness (QED) is 0.183. The van der Waals surface area contributed by atoms with E-state index in [1.165, 1.54) is 10.8 Å². The highest BCUT2D eigenvalue weighted by Crippen LogP contribution is 2.42. The molecular weight excluding hydrogens is 585 g/mol. The summed E-state index contributed by atoms with van der Waals surface area (Å²) < 4.78 is 4.54. The Morgan fingerprint density at radius 3 is 1.75 bits per heavy atom. The lowest BCUT2D eigenvalue weighted by Crippen LogP contribution is -2.00. The van der Waals surface area contributed by atoms with Gasteiger partial charge in [-0.05, 0) is 65.2 Å². The molecule has 0 radical (unpaired) electrons. The molecule has 0 bridgehead atoms. The smallest absolute Gasteiger partial charge is 0.189 e. The van der Waals surface area contributed by atoms with Crippen molar-refractivity contribution in [1.29, 1.82) is 5.26 Å². The second-order valence-electron chi connectivity index (χ2n) is 11.9. The van der Waals surface area contributed by atoms with E-state index >= 15 is 0 Å². The van der Waals surface area contributed by atoms with Gasteiger partial charge in [0.05, 0.1) is 40.4 Å². The molecule has 0 atom stereocenters. The van der Waals surface area contributed by atoms with Gasteiger partial charge >= 0.3 is 0 Å². The van der Waals surface area contributed by atoms with Crippen molar-refractivity contribution < 1.29 is 0 Å². The Labute approximate surface area is 277 Å². The molecule has 0 N–H and O–H groups in total. The van der Waals surface area contributed by atoms with Crippen molar-refractivity contribution >= 4 is 49.3 Å². The molecule has 0 spiro atoms. The number of nitrogens with zero attached hydrogens (tertiary/aromatic N) is 4. The Bertz CT molecular complexity index is 2760. The van der Waals surface area contributed by atoms with Crippen molar-refractivity contribution in [3.05, 3.63) is 175 Å². The first kappa shape index (κ1) is 27.4. The first-order valence-electron chi connectivity index (χ1n) is 15.9. The van der Waals surface area contributed by atoms with Crippen LogP contribution in [0.15, 0.2) is 158 Å². The van der Waals surface area contributed by atoms with Crippen molar-refractivity contribution in [2.75, 3.05) is 0 Å². The number of rotatable bonds is 4. The monoisotopic (exact) mass is 610 g/mol. The van der Waals surface area contributed by atoms with Gasteiger partial charge in [0, 0.05) is 38.3 Å². The minimum absolute atomic E-state index is 0.576. The largest absolute Gasteiger partial charge is 0.310 e. The van der Waals surface area contributed by atoms with Gasteiger partial charge in [0.2, 0.25) is 0 Å². The molecule has 0 aliphatic heterocycles. The lowest BCUT2D eigenvalue weighted by Gasteiger charge is -2.19. The van der Waals surface area contributed by atoms with Gasteiger partial charge < -0.3 is 9.13 Å². The van der Waals surface area contributed by atoms with Crippen molar-refractivity contribution in [3.8, 4) is 39.7 Å². The average molecular weight is 611 g/mol. The molecule has 0 amide bonds. The van der Waals surface area contributed by atoms with Crippen molar-refractivity contribution in [3.63, 3.8) is 0 Å². The highest BCUT2D eigenvalue weighted by atomic mass is 15.0. The molecule has 2 aromatic heterocycles. The van der Waals surface area contributed by atoms with E-state index in [-0.39, 0.29) is 0 Å². The van der Waals surface area contributed by atoms with Gasteiger partial charge in [-0.25, -0.2) is 4.85 Å². The number of para-hydroxylation sites is 3. The van der Waals surface area contributed by atoms with Crippen LogP contribution in [0.25, 0.3) is 82.1 Å². The Balaban J connectivity index is 1.31. The van der Waals surface area contributed by atoms with Crippen LogP contribution in [0.4, 0.5) is 5.69 Å². The van der Waals surface area contributed by atoms with E-state index in [0.29, 0.717) is 11.3 Å². The summed E-state index contributed by atoms with van der Waals surface area (Å²) in [7, 11) is 0. The van der Waals surface area contributed by atoms with Crippen molar-refractivity contribution in [1.82, 2.24) is 9.13 Å². The second-order valence-corrected chi connectivity index (χ2v) is 11.9. The maximum atomic E-state index is 10.5. The molecular formula is C44H26N4. The number of fused-ring (bicyclic) bond motifs is 6. The van der Waals surface area contributed by atoms with E-state index in [9.17, 15) is 5.26 Å². The van der Waals surface area contributed by atoms with E-state index in [0.717, 1.165) is 66.5 Å². The zero-order valence-electron chi connectivity index (χ0n) is 25.8. The van der Waals surface area contributed by atoms with E-state index in [4.69, 9.17) is 6.57 Å². The van der Waals surface area contributed by atoms with Gasteiger partial charge in [-0.15, -0.1) is 0 Å². The third kappa shape index (κ3) is 4.07. The molecule has 0 saturated heterocycles. The summed E-state index contributed by atoms with van der Waals surface area (Å²) in [6.07, 6.45) is 0. The molecule has 4 heteroatoms. The van der Waals surface area contributed by atoms with Crippen LogP contribution in [0.2, 0.25) is 0 Å². The lowest BCUT2D eigenvalue weighted by molar-refractivity contribution is 1.18. The van der Waals surface area contributed by atoms with Crippen LogP contribution < -0.4 is 0 Å². The number of hydrogen-bond acceptors (Lipinski definition) is 1. The van der Waals surface area contributed by atoms with Gasteiger partial charge in [-0.3, -0.25) is 0 Å². The molecule has 222 valence electrons. The molecule has 2 heterocycles. The van der Waals surface area contributed by atoms with E-state index in [1.54, 1.807) is 0 Å². The fourth-order valence-electron chi connectivity index (χ4n) is 7.36. The van der Waals surface area contributed by atoms with Gasteiger partial charge in [0.25, 0.3) is 0 Å². The first-order chi connectivity index (χ1) is 23.7. The number of benzene rings is 7. The third-order valence-electron chi connectivity index (χ3n) is 9.38. The predicted molar refractivity (Wildman–Crippen MR) is 197 cm³/mol. The molecule has 0 saturated carbocycles. The third-order valence-corrected chi connectivity index (χ3v) is 9.38. The van der Waals surface area contributed by atoms with Gasteiger partial charge in [-0.1, -0.05) is 109 Å². The van der Waals surface area contributed by atoms with Crippen LogP contribution in [0.1, 0.15) is 5.56 Å². The topological polar surface area (TPSA) is 38.0 Å². The zero-order valence-corrected chi connectivity index (χ0v) is 25.8. The normalized spacial score (nSPS) is 11.3. The van der Waals surface area contributed by atoms with E-state index in [1.807, 2.05) is 48.5 Å². The minimum atomic E-state index is 0.576. The van der Waals surface area contributed by atoms with Gasteiger partial charge in [0.15, 0.2) is 5.69 Å². The first-order valence-corrected chi connectivity index (χ1v) is 15.9. The summed E-state index contributed by atoms with van der Waals surface area (Å²) >= 11 is 0. The van der Waals surface area contributed by atoms with Crippen molar-refractivity contribution in [2.24, 2.45) is 0 Å². The van der Waals surface area contributed by atoms with Gasteiger partial charge in [0.1, 0.15) is 0 Å². The molecule has 9 rings (SSSR count). The Kier molecular flexibility index (Phi) is 6.22. The molecule has 0 aliphatic carbocycles. The summed E-state index contributed by atoms with van der Waals surface area (Å²) in [6.45, 7) is 7.72. The van der Waals surface area contributed by atoms with Gasteiger partial charge in [-0.2, -0.15) is 5.26 Å². The fourth-order valence-corrected chi connectivity index (χ4v) is 7.36. The highest BCUT2D eigenvalue weighted by molar-refractivity contribution is 6.11. The Morgan fingerprint density at radius 1 is 0.500 bits per heavy atom. The summed E-state index contributed by atoms with van der Waals surface area (Å²) in [5.74, 6) is 0. The fraction of sp³-hybridized carbons (Fsp3) is 0. The maximum absolute atomic E-state index is 10.5. The van der Waals surface area contributed by atoms with Crippen LogP contribution in [0.5, 0.6) is 0 Å². The van der Waals surface area contributed by atoms with E-state index in [2.05, 4.69) is 129 Å². The Hall–Kier alpha value is -6.88. The molecule has 7 aromatic carbocycles. The second kappa shape index (κ2) is 10.9. The molecule has 48 heavy (non-hydrogen) atoms. The molecule has 0 aliphatic rings. The molecule has 9 aromatic rings. The summed E-state index contributed by atoms with van der Waals surface area (Å²) in [5, 5.41) is 15.2. The SMILES string of the molecule is [C-]#[N+]c1ccc2c3ccccc3n(-c3cccc(C#N)c3-c3ccccc3-c3cccc(-n4c5ccccc5c5ccccc54)c3)c2c1. The van der Waals surface area contributed by atoms with Crippen LogP contribution in [-0.4, -0.2) is 9.13 Å². The zero-order chi connectivity index (χ0) is 32.2. The summed E-state index contributed by atoms with van der Waals surface area (Å²) in [6, 6.07) is 56.7. The number of hydrogen-bond donors (Lipinski definition) is 0. The highest BCUT2D eigenvalue weighted by Gasteiger charge is 2.21. The minimum Gasteiger partial charge on any atom is -0.310 e. The predicted octanol–water partition coefficient (Wildman–Crippen LogP) is 11.6.